The number of halogens is 2. The van der Waals surface area contributed by atoms with E-state index in [2.05, 4.69) is 33.3 Å². The summed E-state index contributed by atoms with van der Waals surface area (Å²) in [5, 5.41) is 3.41. The highest BCUT2D eigenvalue weighted by Gasteiger charge is 2.39. The van der Waals surface area contributed by atoms with E-state index >= 15 is 0 Å². The molecule has 2 saturated heterocycles. The predicted octanol–water partition coefficient (Wildman–Crippen LogP) is 4.05. The largest absolute Gasteiger partial charge is 0.495 e. The number of hydrogen-bond donors (Lipinski definition) is 1. The van der Waals surface area contributed by atoms with Crippen molar-refractivity contribution in [1.82, 2.24) is 15.1 Å². The Labute approximate surface area is 222 Å². The molecule has 2 atom stereocenters. The lowest BCUT2D eigenvalue weighted by molar-refractivity contribution is -0.136. The normalized spacial score (nSPS) is 20.1. The van der Waals surface area contributed by atoms with Crippen LogP contribution in [0.2, 0.25) is 0 Å². The van der Waals surface area contributed by atoms with Crippen molar-refractivity contribution < 1.29 is 18.3 Å². The number of rotatable bonds is 8. The molecule has 0 spiro atoms. The highest BCUT2D eigenvalue weighted by atomic mass is 19.1. The predicted molar refractivity (Wildman–Crippen MR) is 144 cm³/mol. The van der Waals surface area contributed by atoms with E-state index in [1.54, 1.807) is 7.11 Å². The first-order valence-corrected chi connectivity index (χ1v) is 13.1. The van der Waals surface area contributed by atoms with Crippen LogP contribution in [0.25, 0.3) is 0 Å². The number of anilines is 1. The summed E-state index contributed by atoms with van der Waals surface area (Å²) in [4.78, 5) is 20.2. The monoisotopic (exact) mass is 520 g/mol. The molecular weight excluding hydrogens is 486 g/mol. The molecule has 2 aliphatic heterocycles. The first-order valence-electron chi connectivity index (χ1n) is 13.1. The summed E-state index contributed by atoms with van der Waals surface area (Å²) in [5.41, 5.74) is 2.62. The van der Waals surface area contributed by atoms with E-state index in [0.717, 1.165) is 36.2 Å². The van der Waals surface area contributed by atoms with E-state index in [1.807, 2.05) is 41.3 Å². The van der Waals surface area contributed by atoms with Crippen LogP contribution in [-0.4, -0.2) is 67.6 Å². The maximum absolute atomic E-state index is 14.2. The van der Waals surface area contributed by atoms with Gasteiger partial charge in [0.15, 0.2) is 0 Å². The lowest BCUT2D eigenvalue weighted by Crippen LogP contribution is -2.53. The Kier molecular flexibility index (Phi) is 8.20. The summed E-state index contributed by atoms with van der Waals surface area (Å²) in [6, 6.07) is 21.5. The van der Waals surface area contributed by atoms with Crippen LogP contribution in [0.1, 0.15) is 17.5 Å². The van der Waals surface area contributed by atoms with Crippen LogP contribution in [0.15, 0.2) is 72.8 Å². The second-order valence-electron chi connectivity index (χ2n) is 9.96. The van der Waals surface area contributed by atoms with Crippen molar-refractivity contribution in [2.45, 2.75) is 31.6 Å². The number of para-hydroxylation sites is 2. The van der Waals surface area contributed by atoms with Crippen LogP contribution >= 0.6 is 0 Å². The number of nitrogens with zero attached hydrogens (tertiary/aromatic N) is 3. The molecule has 38 heavy (non-hydrogen) atoms. The topological polar surface area (TPSA) is 48.1 Å². The fourth-order valence-corrected chi connectivity index (χ4v) is 5.49. The Morgan fingerprint density at radius 3 is 2.45 bits per heavy atom. The molecule has 6 nitrogen and oxygen atoms in total. The summed E-state index contributed by atoms with van der Waals surface area (Å²) in [5.74, 6) is -0.170. The third kappa shape index (κ3) is 5.97. The number of hydrogen-bond acceptors (Lipinski definition) is 5. The fraction of sp³-hybridized carbons (Fsp3) is 0.367. The van der Waals surface area contributed by atoms with Crippen molar-refractivity contribution >= 4 is 11.6 Å². The molecule has 200 valence electrons. The van der Waals surface area contributed by atoms with Gasteiger partial charge in [0, 0.05) is 63.5 Å². The molecule has 3 aromatic carbocycles. The van der Waals surface area contributed by atoms with Gasteiger partial charge in [0.05, 0.1) is 18.8 Å². The minimum Gasteiger partial charge on any atom is -0.495 e. The smallest absolute Gasteiger partial charge is 0.240 e. The second-order valence-corrected chi connectivity index (χ2v) is 9.96. The van der Waals surface area contributed by atoms with Gasteiger partial charge < -0.3 is 19.9 Å². The van der Waals surface area contributed by atoms with Crippen molar-refractivity contribution in [3.63, 3.8) is 0 Å². The minimum absolute atomic E-state index is 0.0204. The quantitative estimate of drug-likeness (QED) is 0.486. The number of benzene rings is 3. The summed E-state index contributed by atoms with van der Waals surface area (Å²) >= 11 is 0. The highest BCUT2D eigenvalue weighted by molar-refractivity contribution is 5.82. The van der Waals surface area contributed by atoms with Gasteiger partial charge in [-0.2, -0.15) is 0 Å². The number of carbonyl (C=O) groups is 1. The lowest BCUT2D eigenvalue weighted by atomic mass is 10.1. The molecule has 5 rings (SSSR count). The van der Waals surface area contributed by atoms with Crippen LogP contribution in [0.5, 0.6) is 5.75 Å². The molecule has 0 radical (unpaired) electrons. The number of methoxy groups -OCH3 is 1. The molecular formula is C30H34F2N4O2. The molecule has 2 unspecified atom stereocenters. The van der Waals surface area contributed by atoms with Gasteiger partial charge in [-0.1, -0.05) is 48.5 Å². The van der Waals surface area contributed by atoms with Gasteiger partial charge in [0.2, 0.25) is 5.91 Å². The molecule has 0 bridgehead atoms. The van der Waals surface area contributed by atoms with Crippen LogP contribution < -0.4 is 15.0 Å². The summed E-state index contributed by atoms with van der Waals surface area (Å²) in [6.07, 6.45) is 0.640. The van der Waals surface area contributed by atoms with E-state index in [0.29, 0.717) is 38.2 Å². The maximum atomic E-state index is 14.2. The fourth-order valence-electron chi connectivity index (χ4n) is 5.49. The average molecular weight is 521 g/mol. The molecule has 1 N–H and O–H groups in total. The Bertz CT molecular complexity index is 1230. The Balaban J connectivity index is 1.25. The van der Waals surface area contributed by atoms with Crippen molar-refractivity contribution in [2.24, 2.45) is 0 Å². The van der Waals surface area contributed by atoms with Gasteiger partial charge in [-0.25, -0.2) is 8.78 Å². The van der Waals surface area contributed by atoms with Gasteiger partial charge in [0.1, 0.15) is 17.4 Å². The number of likely N-dealkylation sites (tertiary alicyclic amines) is 1. The summed E-state index contributed by atoms with van der Waals surface area (Å²) in [6.45, 7) is 4.40. The lowest BCUT2D eigenvalue weighted by Gasteiger charge is -2.38. The number of amides is 1. The summed E-state index contributed by atoms with van der Waals surface area (Å²) < 4.78 is 33.0. The number of carbonyl (C=O) groups excluding carboxylic acids is 1. The van der Waals surface area contributed by atoms with E-state index in [4.69, 9.17) is 4.74 Å². The number of nitrogens with one attached hydrogen (secondary N) is 1. The highest BCUT2D eigenvalue weighted by Crippen LogP contribution is 2.29. The van der Waals surface area contributed by atoms with Crippen molar-refractivity contribution in [3.8, 4) is 5.75 Å². The standard InChI is InChI=1S/C30H34F2N4O2/c1-38-29-10-6-5-9-27(29)34-13-15-35(16-14-34)30(37)28-18-25(21-36(28)20-22-7-3-2-4-8-22)33-19-23-11-12-24(31)17-26(23)32/h2-12,17,25,28,33H,13-16,18-21H2,1H3. The van der Waals surface area contributed by atoms with Crippen LogP contribution in [-0.2, 0) is 17.9 Å². The van der Waals surface area contributed by atoms with E-state index in [-0.39, 0.29) is 24.5 Å². The minimum atomic E-state index is -0.586. The maximum Gasteiger partial charge on any atom is 0.240 e. The Morgan fingerprint density at radius 2 is 1.71 bits per heavy atom. The van der Waals surface area contributed by atoms with Crippen molar-refractivity contribution in [2.75, 3.05) is 44.7 Å². The van der Waals surface area contributed by atoms with Gasteiger partial charge in [-0.3, -0.25) is 9.69 Å². The second kappa shape index (κ2) is 11.9. The van der Waals surface area contributed by atoms with E-state index in [9.17, 15) is 13.6 Å². The van der Waals surface area contributed by atoms with Gasteiger partial charge >= 0.3 is 0 Å². The third-order valence-electron chi connectivity index (χ3n) is 7.53. The van der Waals surface area contributed by atoms with Crippen LogP contribution in [0.4, 0.5) is 14.5 Å². The van der Waals surface area contributed by atoms with E-state index in [1.165, 1.54) is 12.1 Å². The van der Waals surface area contributed by atoms with Crippen LogP contribution in [0.3, 0.4) is 0 Å². The van der Waals surface area contributed by atoms with Gasteiger partial charge in [-0.15, -0.1) is 0 Å². The van der Waals surface area contributed by atoms with Gasteiger partial charge in [-0.05, 0) is 30.2 Å². The Hall–Kier alpha value is -3.49. The number of ether oxygens (including phenoxy) is 1. The molecule has 0 aliphatic carbocycles. The molecule has 3 aromatic rings. The Morgan fingerprint density at radius 1 is 0.974 bits per heavy atom. The molecule has 2 aliphatic rings. The molecule has 2 heterocycles. The molecule has 1 amide bonds. The molecule has 2 fully saturated rings. The SMILES string of the molecule is COc1ccccc1N1CCN(C(=O)C2CC(NCc3ccc(F)cc3F)CN2Cc2ccccc2)CC1. The van der Waals surface area contributed by atoms with Crippen molar-refractivity contribution in [3.05, 3.63) is 95.6 Å². The molecule has 0 aromatic heterocycles. The van der Waals surface area contributed by atoms with E-state index < -0.39 is 11.6 Å². The zero-order chi connectivity index (χ0) is 26.5. The zero-order valence-corrected chi connectivity index (χ0v) is 21.7. The molecule has 8 heteroatoms. The first kappa shape index (κ1) is 26.1. The average Bonchev–Trinajstić information content (AvgIpc) is 3.35. The third-order valence-corrected chi connectivity index (χ3v) is 7.53. The molecule has 0 saturated carbocycles. The van der Waals surface area contributed by atoms with Gasteiger partial charge in [0.25, 0.3) is 0 Å². The number of piperazine rings is 1. The first-order chi connectivity index (χ1) is 18.5. The van der Waals surface area contributed by atoms with Crippen LogP contribution in [0, 0.1) is 11.6 Å². The van der Waals surface area contributed by atoms with Crippen molar-refractivity contribution in [1.29, 1.82) is 0 Å². The zero-order valence-electron chi connectivity index (χ0n) is 21.7. The summed E-state index contributed by atoms with van der Waals surface area (Å²) in [7, 11) is 1.68.